The molecule has 0 aliphatic carbocycles. The van der Waals surface area contributed by atoms with E-state index in [9.17, 15) is 18.4 Å². The number of rotatable bonds is 7. The average molecular weight is 350 g/mol. The Morgan fingerprint density at radius 3 is 2.32 bits per heavy atom. The summed E-state index contributed by atoms with van der Waals surface area (Å²) in [6.07, 6.45) is -1.06. The Morgan fingerprint density at radius 1 is 1.08 bits per heavy atom. The summed E-state index contributed by atoms with van der Waals surface area (Å²) in [5.41, 5.74) is 6.24. The summed E-state index contributed by atoms with van der Waals surface area (Å²) in [7, 11) is 0. The van der Waals surface area contributed by atoms with Crippen molar-refractivity contribution in [1.29, 1.82) is 0 Å². The Morgan fingerprint density at radius 2 is 1.72 bits per heavy atom. The van der Waals surface area contributed by atoms with Gasteiger partial charge in [0.05, 0.1) is 11.3 Å². The molecule has 0 fully saturated rings. The van der Waals surface area contributed by atoms with Gasteiger partial charge in [-0.15, -0.1) is 0 Å². The minimum Gasteiger partial charge on any atom is -0.449 e. The second kappa shape index (κ2) is 8.09. The predicted molar refractivity (Wildman–Crippen MR) is 86.9 cm³/mol. The third kappa shape index (κ3) is 5.17. The lowest BCUT2D eigenvalue weighted by atomic mass is 10.1. The number of nitrogens with one attached hydrogen (secondary N) is 1. The third-order valence-electron chi connectivity index (χ3n) is 3.19. The van der Waals surface area contributed by atoms with E-state index >= 15 is 0 Å². The fourth-order valence-electron chi connectivity index (χ4n) is 1.93. The summed E-state index contributed by atoms with van der Waals surface area (Å²) in [4.78, 5) is 23.2. The fraction of sp³-hybridized carbons (Fsp3) is 0.176. The molecule has 2 rings (SSSR count). The van der Waals surface area contributed by atoms with Gasteiger partial charge in [0.15, 0.2) is 6.10 Å². The van der Waals surface area contributed by atoms with Crippen LogP contribution in [0.5, 0.6) is 5.75 Å². The number of nitrogens with two attached hydrogens (primary N) is 1. The molecular weight excluding hydrogens is 334 g/mol. The van der Waals surface area contributed by atoms with Gasteiger partial charge in [-0.2, -0.15) is 8.78 Å². The first-order chi connectivity index (χ1) is 11.9. The van der Waals surface area contributed by atoms with Gasteiger partial charge in [0.2, 0.25) is 0 Å². The minimum absolute atomic E-state index is 0.0172. The SMILES string of the molecule is C[C@H](OC(=O)c1ccccc1Nc1ccc(OC(F)F)cc1)C(N)=O. The number of para-hydroxylation sites is 1. The van der Waals surface area contributed by atoms with Gasteiger partial charge < -0.3 is 20.5 Å². The first kappa shape index (κ1) is 18.2. The van der Waals surface area contributed by atoms with Crippen LogP contribution >= 0.6 is 0 Å². The van der Waals surface area contributed by atoms with E-state index < -0.39 is 24.6 Å². The first-order valence-electron chi connectivity index (χ1n) is 7.28. The maximum absolute atomic E-state index is 12.2. The molecule has 1 amide bonds. The molecule has 0 spiro atoms. The zero-order chi connectivity index (χ0) is 18.4. The number of anilines is 2. The lowest BCUT2D eigenvalue weighted by Crippen LogP contribution is -2.30. The number of primary amides is 1. The molecule has 0 aliphatic rings. The summed E-state index contributed by atoms with van der Waals surface area (Å²) in [6.45, 7) is -1.53. The van der Waals surface area contributed by atoms with Crippen LogP contribution in [-0.4, -0.2) is 24.6 Å². The van der Waals surface area contributed by atoms with Crippen molar-refractivity contribution in [3.8, 4) is 5.75 Å². The highest BCUT2D eigenvalue weighted by Gasteiger charge is 2.18. The van der Waals surface area contributed by atoms with Gasteiger partial charge in [0.1, 0.15) is 5.75 Å². The van der Waals surface area contributed by atoms with Gasteiger partial charge >= 0.3 is 12.6 Å². The van der Waals surface area contributed by atoms with E-state index in [1.807, 2.05) is 0 Å². The standard InChI is InChI=1S/C17H16F2N2O4/c1-10(15(20)22)24-16(23)13-4-2-3-5-14(13)21-11-6-8-12(9-7-11)25-17(18)19/h2-10,17,21H,1H3,(H2,20,22)/t10-/m0/s1. The maximum Gasteiger partial charge on any atom is 0.387 e. The Balaban J connectivity index is 2.15. The molecule has 25 heavy (non-hydrogen) atoms. The van der Waals surface area contributed by atoms with Crippen molar-refractivity contribution in [3.05, 3.63) is 54.1 Å². The summed E-state index contributed by atoms with van der Waals surface area (Å²) in [5, 5.41) is 2.98. The second-order valence-electron chi connectivity index (χ2n) is 5.02. The molecule has 2 aromatic carbocycles. The van der Waals surface area contributed by atoms with Crippen LogP contribution in [0.25, 0.3) is 0 Å². The van der Waals surface area contributed by atoms with Gasteiger partial charge in [-0.1, -0.05) is 12.1 Å². The first-order valence-corrected chi connectivity index (χ1v) is 7.28. The molecular formula is C17H16F2N2O4. The molecule has 0 saturated heterocycles. The molecule has 8 heteroatoms. The second-order valence-corrected chi connectivity index (χ2v) is 5.02. The van der Waals surface area contributed by atoms with Crippen molar-refractivity contribution in [2.45, 2.75) is 19.6 Å². The van der Waals surface area contributed by atoms with Gasteiger partial charge in [0, 0.05) is 5.69 Å². The monoisotopic (exact) mass is 350 g/mol. The maximum atomic E-state index is 12.2. The largest absolute Gasteiger partial charge is 0.449 e. The normalized spacial score (nSPS) is 11.7. The number of amides is 1. The number of hydrogen-bond acceptors (Lipinski definition) is 5. The summed E-state index contributed by atoms with van der Waals surface area (Å²) in [6, 6.07) is 12.3. The Labute approximate surface area is 142 Å². The van der Waals surface area contributed by atoms with Crippen LogP contribution in [-0.2, 0) is 9.53 Å². The van der Waals surface area contributed by atoms with Crippen LogP contribution in [0.2, 0.25) is 0 Å². The number of halogens is 2. The molecule has 0 saturated carbocycles. The number of carbonyl (C=O) groups excluding carboxylic acids is 2. The number of benzene rings is 2. The van der Waals surface area contributed by atoms with E-state index in [2.05, 4.69) is 10.1 Å². The average Bonchev–Trinajstić information content (AvgIpc) is 2.56. The molecule has 0 bridgehead atoms. The molecule has 3 N–H and O–H groups in total. The van der Waals surface area contributed by atoms with Gasteiger partial charge in [-0.25, -0.2) is 4.79 Å². The van der Waals surface area contributed by atoms with Crippen molar-refractivity contribution >= 4 is 23.3 Å². The Bertz CT molecular complexity index is 751. The Hall–Kier alpha value is -3.16. The number of esters is 1. The molecule has 0 unspecified atom stereocenters. The van der Waals surface area contributed by atoms with E-state index in [1.165, 1.54) is 37.3 Å². The van der Waals surface area contributed by atoms with E-state index in [-0.39, 0.29) is 11.3 Å². The zero-order valence-corrected chi connectivity index (χ0v) is 13.2. The molecule has 0 heterocycles. The molecule has 2 aromatic rings. The van der Waals surface area contributed by atoms with E-state index in [0.29, 0.717) is 11.4 Å². The van der Waals surface area contributed by atoms with E-state index in [1.54, 1.807) is 18.2 Å². The summed E-state index contributed by atoms with van der Waals surface area (Å²) >= 11 is 0. The molecule has 0 aromatic heterocycles. The highest BCUT2D eigenvalue weighted by atomic mass is 19.3. The molecule has 132 valence electrons. The van der Waals surface area contributed by atoms with Crippen molar-refractivity contribution in [3.63, 3.8) is 0 Å². The van der Waals surface area contributed by atoms with Crippen molar-refractivity contribution in [2.75, 3.05) is 5.32 Å². The van der Waals surface area contributed by atoms with Crippen molar-refractivity contribution < 1.29 is 27.8 Å². The minimum atomic E-state index is -2.90. The molecule has 0 radical (unpaired) electrons. The quantitative estimate of drug-likeness (QED) is 0.749. The van der Waals surface area contributed by atoms with Crippen LogP contribution in [0, 0.1) is 0 Å². The van der Waals surface area contributed by atoms with Gasteiger partial charge in [0.25, 0.3) is 5.91 Å². The van der Waals surface area contributed by atoms with Gasteiger partial charge in [-0.3, -0.25) is 4.79 Å². The van der Waals surface area contributed by atoms with E-state index in [4.69, 9.17) is 10.5 Å². The summed E-state index contributed by atoms with van der Waals surface area (Å²) in [5.74, 6) is -1.45. The third-order valence-corrected chi connectivity index (χ3v) is 3.19. The zero-order valence-electron chi connectivity index (χ0n) is 13.2. The highest BCUT2D eigenvalue weighted by Crippen LogP contribution is 2.24. The lowest BCUT2D eigenvalue weighted by molar-refractivity contribution is -0.125. The van der Waals surface area contributed by atoms with Crippen molar-refractivity contribution in [2.24, 2.45) is 5.73 Å². The van der Waals surface area contributed by atoms with Gasteiger partial charge in [-0.05, 0) is 43.3 Å². The van der Waals surface area contributed by atoms with E-state index in [0.717, 1.165) is 0 Å². The van der Waals surface area contributed by atoms with Crippen molar-refractivity contribution in [1.82, 2.24) is 0 Å². The highest BCUT2D eigenvalue weighted by molar-refractivity contribution is 5.97. The molecule has 0 aliphatic heterocycles. The van der Waals surface area contributed by atoms with Crippen LogP contribution in [0.15, 0.2) is 48.5 Å². The number of alkyl halides is 2. The number of carbonyl (C=O) groups is 2. The number of ether oxygens (including phenoxy) is 2. The van der Waals surface area contributed by atoms with Crippen LogP contribution in [0.4, 0.5) is 20.2 Å². The smallest absolute Gasteiger partial charge is 0.387 e. The topological polar surface area (TPSA) is 90.7 Å². The number of hydrogen-bond donors (Lipinski definition) is 2. The lowest BCUT2D eigenvalue weighted by Gasteiger charge is -2.14. The summed E-state index contributed by atoms with van der Waals surface area (Å²) < 4.78 is 33.5. The van der Waals surface area contributed by atoms with Crippen LogP contribution in [0.3, 0.4) is 0 Å². The molecule has 1 atom stereocenters. The van der Waals surface area contributed by atoms with Crippen LogP contribution in [0.1, 0.15) is 17.3 Å². The molecule has 6 nitrogen and oxygen atoms in total. The van der Waals surface area contributed by atoms with Crippen LogP contribution < -0.4 is 15.8 Å². The Kier molecular flexibility index (Phi) is 5.89. The predicted octanol–water partition coefficient (Wildman–Crippen LogP) is 3.06. The fourth-order valence-corrected chi connectivity index (χ4v) is 1.93.